The largest absolute Gasteiger partial charge is 0.311 e. The molecule has 1 aliphatic rings. The monoisotopic (exact) mass is 590 g/mol. The molecule has 0 spiro atoms. The molecule has 220 valence electrons. The smallest absolute Gasteiger partial charge is 0.0468 e. The Morgan fingerprint density at radius 2 is 0.848 bits per heavy atom. The van der Waals surface area contributed by atoms with E-state index in [-0.39, 0.29) is 0 Å². The van der Waals surface area contributed by atoms with Crippen LogP contribution in [0.25, 0.3) is 21.5 Å². The van der Waals surface area contributed by atoms with E-state index in [4.69, 9.17) is 0 Å². The van der Waals surface area contributed by atoms with Crippen molar-refractivity contribution in [3.8, 4) is 0 Å². The summed E-state index contributed by atoms with van der Waals surface area (Å²) in [6.07, 6.45) is 7.97. The van der Waals surface area contributed by atoms with Crippen molar-refractivity contribution in [1.82, 2.24) is 0 Å². The van der Waals surface area contributed by atoms with Gasteiger partial charge in [-0.05, 0) is 100 Å². The molecule has 0 amide bonds. The van der Waals surface area contributed by atoms with E-state index in [0.29, 0.717) is 5.92 Å². The summed E-state index contributed by atoms with van der Waals surface area (Å²) in [7, 11) is 0. The first kappa shape index (κ1) is 27.7. The van der Waals surface area contributed by atoms with Gasteiger partial charge in [0.1, 0.15) is 0 Å². The van der Waals surface area contributed by atoms with E-state index in [2.05, 4.69) is 198 Å². The van der Waals surface area contributed by atoms with Crippen LogP contribution < -0.4 is 9.80 Å². The van der Waals surface area contributed by atoms with E-state index in [1.54, 1.807) is 0 Å². The van der Waals surface area contributed by atoms with Crippen molar-refractivity contribution >= 4 is 50.0 Å². The van der Waals surface area contributed by atoms with Crippen molar-refractivity contribution in [1.29, 1.82) is 0 Å². The van der Waals surface area contributed by atoms with Crippen molar-refractivity contribution in [2.75, 3.05) is 9.80 Å². The van der Waals surface area contributed by atoms with Crippen molar-refractivity contribution < 1.29 is 0 Å². The fraction of sp³-hybridized carbons (Fsp3) is 0.0455. The van der Waals surface area contributed by atoms with Crippen LogP contribution in [-0.4, -0.2) is 0 Å². The number of anilines is 5. The molecular formula is C44H34N2. The summed E-state index contributed by atoms with van der Waals surface area (Å²) in [4.78, 5) is 4.70. The van der Waals surface area contributed by atoms with Gasteiger partial charge in [-0.3, -0.25) is 0 Å². The number of benzene rings is 7. The lowest BCUT2D eigenvalue weighted by Gasteiger charge is -2.29. The van der Waals surface area contributed by atoms with Crippen molar-refractivity contribution in [3.63, 3.8) is 0 Å². The van der Waals surface area contributed by atoms with Gasteiger partial charge in [-0.15, -0.1) is 0 Å². The first-order chi connectivity index (χ1) is 22.8. The van der Waals surface area contributed by atoms with Crippen LogP contribution in [0, 0.1) is 0 Å². The van der Waals surface area contributed by atoms with Crippen LogP contribution in [0.5, 0.6) is 0 Å². The topological polar surface area (TPSA) is 6.48 Å². The number of fused-ring (bicyclic) bond motifs is 2. The summed E-state index contributed by atoms with van der Waals surface area (Å²) in [6, 6.07) is 60.9. The van der Waals surface area contributed by atoms with Crippen LogP contribution in [0.2, 0.25) is 0 Å². The SMILES string of the molecule is C1=CC(c2ccc(N(c3ccccc3)c3ccc4ccccc4c3)cc2)CC=C1N(c1ccccc1)c1ccc2ccccc2c1. The highest BCUT2D eigenvalue weighted by molar-refractivity contribution is 5.90. The standard InChI is InChI=1S/C44H34N2/c1-3-15-39(16-4-1)45(43-29-23-33-11-7-9-13-37(33)31-43)41-25-19-35(20-26-41)36-21-27-42(28-22-36)46(40-17-5-2-6-18-40)44-30-24-34-12-8-10-14-38(34)32-44/h1-21,23-32,36H,22H2. The normalized spacial score (nSPS) is 14.3. The molecule has 1 atom stereocenters. The third-order valence-electron chi connectivity index (χ3n) is 8.93. The second-order valence-corrected chi connectivity index (χ2v) is 11.8. The average molecular weight is 591 g/mol. The first-order valence-electron chi connectivity index (χ1n) is 16.0. The summed E-state index contributed by atoms with van der Waals surface area (Å²) in [5.41, 5.74) is 8.28. The zero-order chi connectivity index (χ0) is 30.7. The molecule has 0 radical (unpaired) electrons. The zero-order valence-corrected chi connectivity index (χ0v) is 25.6. The summed E-state index contributed by atoms with van der Waals surface area (Å²) in [5.74, 6) is 0.317. The molecule has 0 aliphatic heterocycles. The van der Waals surface area contributed by atoms with E-state index in [1.165, 1.54) is 38.5 Å². The minimum atomic E-state index is 0.317. The van der Waals surface area contributed by atoms with E-state index < -0.39 is 0 Å². The van der Waals surface area contributed by atoms with Gasteiger partial charge >= 0.3 is 0 Å². The summed E-state index contributed by atoms with van der Waals surface area (Å²) in [5, 5.41) is 4.98. The maximum absolute atomic E-state index is 2.38. The summed E-state index contributed by atoms with van der Waals surface area (Å²) in [6.45, 7) is 0. The Morgan fingerprint density at radius 1 is 0.391 bits per heavy atom. The summed E-state index contributed by atoms with van der Waals surface area (Å²) < 4.78 is 0. The minimum absolute atomic E-state index is 0.317. The van der Waals surface area contributed by atoms with Crippen LogP contribution in [0.1, 0.15) is 17.9 Å². The molecular weight excluding hydrogens is 556 g/mol. The van der Waals surface area contributed by atoms with Crippen molar-refractivity contribution in [2.24, 2.45) is 0 Å². The fourth-order valence-corrected chi connectivity index (χ4v) is 6.57. The van der Waals surface area contributed by atoms with Crippen molar-refractivity contribution in [3.05, 3.63) is 199 Å². The molecule has 7 aromatic rings. The molecule has 8 rings (SSSR count). The lowest BCUT2D eigenvalue weighted by atomic mass is 9.91. The Morgan fingerprint density at radius 3 is 1.39 bits per heavy atom. The van der Waals surface area contributed by atoms with Crippen LogP contribution in [0.3, 0.4) is 0 Å². The highest BCUT2D eigenvalue weighted by atomic mass is 15.1. The van der Waals surface area contributed by atoms with Crippen LogP contribution in [0.15, 0.2) is 194 Å². The highest BCUT2D eigenvalue weighted by Gasteiger charge is 2.19. The number of allylic oxidation sites excluding steroid dienone is 3. The zero-order valence-electron chi connectivity index (χ0n) is 25.6. The average Bonchev–Trinajstić information content (AvgIpc) is 3.13. The molecule has 0 saturated carbocycles. The Hall–Kier alpha value is -5.86. The predicted octanol–water partition coefficient (Wildman–Crippen LogP) is 12.2. The minimum Gasteiger partial charge on any atom is -0.311 e. The van der Waals surface area contributed by atoms with Gasteiger partial charge in [0, 0.05) is 40.1 Å². The van der Waals surface area contributed by atoms with Gasteiger partial charge in [0.2, 0.25) is 0 Å². The Bertz CT molecular complexity index is 2180. The van der Waals surface area contributed by atoms with Crippen LogP contribution >= 0.6 is 0 Å². The van der Waals surface area contributed by atoms with Gasteiger partial charge in [-0.1, -0.05) is 121 Å². The Kier molecular flexibility index (Phi) is 7.38. The van der Waals surface area contributed by atoms with Gasteiger partial charge in [-0.2, -0.15) is 0 Å². The molecule has 0 bridgehead atoms. The van der Waals surface area contributed by atoms with Gasteiger partial charge in [-0.25, -0.2) is 0 Å². The molecule has 0 saturated heterocycles. The van der Waals surface area contributed by atoms with Gasteiger partial charge in [0.05, 0.1) is 0 Å². The number of hydrogen-bond donors (Lipinski definition) is 0. The van der Waals surface area contributed by atoms with E-state index in [1.807, 2.05) is 0 Å². The van der Waals surface area contributed by atoms with E-state index >= 15 is 0 Å². The van der Waals surface area contributed by atoms with Crippen LogP contribution in [-0.2, 0) is 0 Å². The molecule has 0 aromatic heterocycles. The Labute approximate surface area is 270 Å². The molecule has 46 heavy (non-hydrogen) atoms. The number of para-hydroxylation sites is 2. The molecule has 0 fully saturated rings. The molecule has 2 nitrogen and oxygen atoms in total. The molecule has 0 heterocycles. The van der Waals surface area contributed by atoms with Gasteiger partial charge in [0.25, 0.3) is 0 Å². The highest BCUT2D eigenvalue weighted by Crippen LogP contribution is 2.39. The van der Waals surface area contributed by atoms with Gasteiger partial charge in [0.15, 0.2) is 0 Å². The maximum atomic E-state index is 2.38. The molecule has 0 N–H and O–H groups in total. The third kappa shape index (κ3) is 5.46. The Balaban J connectivity index is 1.08. The van der Waals surface area contributed by atoms with E-state index in [0.717, 1.165) is 29.2 Å². The predicted molar refractivity (Wildman–Crippen MR) is 196 cm³/mol. The molecule has 1 aliphatic carbocycles. The number of hydrogen-bond acceptors (Lipinski definition) is 2. The summed E-state index contributed by atoms with van der Waals surface area (Å²) >= 11 is 0. The number of rotatable bonds is 7. The van der Waals surface area contributed by atoms with Gasteiger partial charge < -0.3 is 9.80 Å². The third-order valence-corrected chi connectivity index (χ3v) is 8.93. The lowest BCUT2D eigenvalue weighted by Crippen LogP contribution is -2.17. The quantitative estimate of drug-likeness (QED) is 0.182. The van der Waals surface area contributed by atoms with E-state index in [9.17, 15) is 0 Å². The number of nitrogens with zero attached hydrogens (tertiary/aromatic N) is 2. The lowest BCUT2D eigenvalue weighted by molar-refractivity contribution is 0.840. The second-order valence-electron chi connectivity index (χ2n) is 11.8. The molecule has 2 heteroatoms. The fourth-order valence-electron chi connectivity index (χ4n) is 6.57. The van der Waals surface area contributed by atoms with Crippen LogP contribution in [0.4, 0.5) is 28.4 Å². The maximum Gasteiger partial charge on any atom is 0.0468 e. The first-order valence-corrected chi connectivity index (χ1v) is 16.0. The second kappa shape index (κ2) is 12.3. The molecule has 7 aromatic carbocycles. The molecule has 1 unspecified atom stereocenters. The van der Waals surface area contributed by atoms with Crippen molar-refractivity contribution in [2.45, 2.75) is 12.3 Å².